The monoisotopic (exact) mass is 429 g/mol. The molecule has 0 spiro atoms. The molecule has 1 aromatic rings. The summed E-state index contributed by atoms with van der Waals surface area (Å²) in [6, 6.07) is 4.29. The van der Waals surface area contributed by atoms with Gasteiger partial charge in [0.1, 0.15) is 5.82 Å². The normalized spacial score (nSPS) is 19.7. The van der Waals surface area contributed by atoms with E-state index >= 15 is 0 Å². The summed E-state index contributed by atoms with van der Waals surface area (Å²) in [4.78, 5) is 14.2. The molecule has 5 nitrogen and oxygen atoms in total. The van der Waals surface area contributed by atoms with Crippen LogP contribution in [-0.4, -0.2) is 49.7 Å². The van der Waals surface area contributed by atoms with Crippen LogP contribution in [-0.2, 0) is 9.53 Å². The van der Waals surface area contributed by atoms with E-state index in [9.17, 15) is 9.18 Å². The number of nitrogens with one attached hydrogen (secondary N) is 1. The van der Waals surface area contributed by atoms with Gasteiger partial charge in [-0.15, -0.1) is 24.8 Å². The van der Waals surface area contributed by atoms with E-state index in [0.717, 1.165) is 0 Å². The van der Waals surface area contributed by atoms with Gasteiger partial charge < -0.3 is 15.8 Å². The fourth-order valence-corrected chi connectivity index (χ4v) is 3.14. The van der Waals surface area contributed by atoms with E-state index in [0.29, 0.717) is 30.3 Å². The Hall–Kier alpha value is -0.630. The van der Waals surface area contributed by atoms with Gasteiger partial charge in [-0.05, 0) is 19.1 Å². The summed E-state index contributed by atoms with van der Waals surface area (Å²) in [5.41, 5.74) is 5.94. The van der Waals surface area contributed by atoms with Crippen LogP contribution < -0.4 is 11.1 Å². The van der Waals surface area contributed by atoms with Crippen molar-refractivity contribution in [2.75, 3.05) is 32.8 Å². The average molecular weight is 431 g/mol. The maximum absolute atomic E-state index is 14.4. The van der Waals surface area contributed by atoms with Gasteiger partial charge in [0.15, 0.2) is 0 Å². The van der Waals surface area contributed by atoms with Crippen LogP contribution in [0.1, 0.15) is 25.5 Å². The number of nitrogens with zero attached hydrogens (tertiary/aromatic N) is 1. The van der Waals surface area contributed by atoms with E-state index < -0.39 is 0 Å². The van der Waals surface area contributed by atoms with E-state index in [1.165, 1.54) is 6.07 Å². The van der Waals surface area contributed by atoms with Crippen LogP contribution in [0.3, 0.4) is 0 Å². The first-order chi connectivity index (χ1) is 11.4. The van der Waals surface area contributed by atoms with Gasteiger partial charge in [-0.3, -0.25) is 9.69 Å². The molecule has 1 aromatic carbocycles. The quantitative estimate of drug-likeness (QED) is 0.728. The SMILES string of the molecule is CC1CN(C(CNC(=O)C(C)CN)c2c(F)cccc2Cl)CCO1.Cl.Cl. The fraction of sp³-hybridized carbons (Fsp3) is 0.588. The molecule has 1 fully saturated rings. The molecule has 0 bridgehead atoms. The van der Waals surface area contributed by atoms with E-state index in [-0.39, 0.29) is 67.7 Å². The number of morpholine rings is 1. The highest BCUT2D eigenvalue weighted by Crippen LogP contribution is 2.31. The third kappa shape index (κ3) is 6.51. The second-order valence-electron chi connectivity index (χ2n) is 6.21. The van der Waals surface area contributed by atoms with Gasteiger partial charge in [-0.25, -0.2) is 4.39 Å². The summed E-state index contributed by atoms with van der Waals surface area (Å²) in [5.74, 6) is -0.797. The molecular formula is C17H27Cl3FN3O2. The van der Waals surface area contributed by atoms with Gasteiger partial charge in [-0.2, -0.15) is 0 Å². The third-order valence-electron chi connectivity index (χ3n) is 4.32. The number of rotatable bonds is 6. The second kappa shape index (κ2) is 12.0. The Balaban J connectivity index is 0.00000312. The number of carbonyl (C=O) groups excluding carboxylic acids is 1. The van der Waals surface area contributed by atoms with Crippen molar-refractivity contribution in [2.45, 2.75) is 26.0 Å². The van der Waals surface area contributed by atoms with Gasteiger partial charge in [-0.1, -0.05) is 24.6 Å². The fourth-order valence-electron chi connectivity index (χ4n) is 2.85. The highest BCUT2D eigenvalue weighted by molar-refractivity contribution is 6.31. The van der Waals surface area contributed by atoms with Gasteiger partial charge in [0.25, 0.3) is 0 Å². The first-order valence-corrected chi connectivity index (χ1v) is 8.59. The van der Waals surface area contributed by atoms with Gasteiger partial charge in [0.05, 0.1) is 18.8 Å². The molecule has 1 heterocycles. The van der Waals surface area contributed by atoms with E-state index in [2.05, 4.69) is 10.2 Å². The van der Waals surface area contributed by atoms with Crippen LogP contribution in [0.2, 0.25) is 5.02 Å². The smallest absolute Gasteiger partial charge is 0.224 e. The Morgan fingerprint density at radius 2 is 2.19 bits per heavy atom. The predicted octanol–water partition coefficient (Wildman–Crippen LogP) is 2.80. The third-order valence-corrected chi connectivity index (χ3v) is 4.65. The molecule has 3 unspecified atom stereocenters. The lowest BCUT2D eigenvalue weighted by atomic mass is 10.0. The Bertz CT molecular complexity index is 560. The summed E-state index contributed by atoms with van der Waals surface area (Å²) in [7, 11) is 0. The average Bonchev–Trinajstić information content (AvgIpc) is 2.56. The number of halogens is 4. The summed E-state index contributed by atoms with van der Waals surface area (Å²) >= 11 is 6.25. The number of hydrogen-bond acceptors (Lipinski definition) is 4. The summed E-state index contributed by atoms with van der Waals surface area (Å²) in [6.07, 6.45) is 0.0467. The van der Waals surface area contributed by atoms with Crippen molar-refractivity contribution < 1.29 is 13.9 Å². The molecule has 9 heteroatoms. The van der Waals surface area contributed by atoms with Gasteiger partial charge >= 0.3 is 0 Å². The van der Waals surface area contributed by atoms with Crippen LogP contribution in [0, 0.1) is 11.7 Å². The van der Waals surface area contributed by atoms with E-state index in [4.69, 9.17) is 22.1 Å². The minimum Gasteiger partial charge on any atom is -0.376 e. The van der Waals surface area contributed by atoms with Crippen LogP contribution >= 0.6 is 36.4 Å². The van der Waals surface area contributed by atoms with Gasteiger partial charge in [0, 0.05) is 42.7 Å². The van der Waals surface area contributed by atoms with E-state index in [1.807, 2.05) is 6.92 Å². The van der Waals surface area contributed by atoms with Crippen molar-refractivity contribution in [1.29, 1.82) is 0 Å². The van der Waals surface area contributed by atoms with Crippen LogP contribution in [0.5, 0.6) is 0 Å². The minimum absolute atomic E-state index is 0. The first-order valence-electron chi connectivity index (χ1n) is 8.21. The van der Waals surface area contributed by atoms with Crippen molar-refractivity contribution >= 4 is 42.3 Å². The second-order valence-corrected chi connectivity index (χ2v) is 6.62. The molecule has 0 aliphatic carbocycles. The first kappa shape index (κ1) is 25.4. The molecule has 150 valence electrons. The topological polar surface area (TPSA) is 67.6 Å². The predicted molar refractivity (Wildman–Crippen MR) is 107 cm³/mol. The molecule has 1 amide bonds. The molecular weight excluding hydrogens is 404 g/mol. The van der Waals surface area contributed by atoms with Crippen molar-refractivity contribution in [1.82, 2.24) is 10.2 Å². The lowest BCUT2D eigenvalue weighted by Gasteiger charge is -2.38. The molecule has 3 atom stereocenters. The maximum Gasteiger partial charge on any atom is 0.224 e. The van der Waals surface area contributed by atoms with Crippen LogP contribution in [0.4, 0.5) is 4.39 Å². The zero-order chi connectivity index (χ0) is 17.7. The molecule has 3 N–H and O–H groups in total. The number of carbonyl (C=O) groups is 1. The lowest BCUT2D eigenvalue weighted by Crippen LogP contribution is -2.47. The summed E-state index contributed by atoms with van der Waals surface area (Å²) in [6.45, 7) is 6.15. The number of amides is 1. The highest BCUT2D eigenvalue weighted by Gasteiger charge is 2.29. The standard InChI is InChI=1S/C17H25ClFN3O2.2ClH/c1-11(8-20)17(23)21-9-15(22-6-7-24-12(2)10-22)16-13(18)4-3-5-14(16)19;;/h3-5,11-12,15H,6-10,20H2,1-2H3,(H,21,23);2*1H. The zero-order valence-corrected chi connectivity index (χ0v) is 17.3. The van der Waals surface area contributed by atoms with E-state index in [1.54, 1.807) is 19.1 Å². The molecule has 0 aromatic heterocycles. The minimum atomic E-state index is -0.368. The molecule has 0 saturated carbocycles. The lowest BCUT2D eigenvalue weighted by molar-refractivity contribution is -0.124. The molecule has 2 rings (SSSR count). The van der Waals surface area contributed by atoms with Gasteiger partial charge in [0.2, 0.25) is 5.91 Å². The largest absolute Gasteiger partial charge is 0.376 e. The Kier molecular flexibility index (Phi) is 11.7. The Labute approximate surface area is 171 Å². The van der Waals surface area contributed by atoms with Crippen molar-refractivity contribution in [3.63, 3.8) is 0 Å². The Morgan fingerprint density at radius 1 is 1.50 bits per heavy atom. The van der Waals surface area contributed by atoms with Crippen molar-refractivity contribution in [3.05, 3.63) is 34.6 Å². The van der Waals surface area contributed by atoms with Crippen molar-refractivity contribution in [3.8, 4) is 0 Å². The molecule has 1 aliphatic heterocycles. The maximum atomic E-state index is 14.4. The van der Waals surface area contributed by atoms with Crippen LogP contribution in [0.15, 0.2) is 18.2 Å². The number of nitrogens with two attached hydrogens (primary N) is 1. The molecule has 0 radical (unpaired) electrons. The molecule has 1 saturated heterocycles. The summed E-state index contributed by atoms with van der Waals surface area (Å²) < 4.78 is 20.0. The van der Waals surface area contributed by atoms with Crippen LogP contribution in [0.25, 0.3) is 0 Å². The zero-order valence-electron chi connectivity index (χ0n) is 14.9. The highest BCUT2D eigenvalue weighted by atomic mass is 35.5. The summed E-state index contributed by atoms with van der Waals surface area (Å²) in [5, 5.41) is 3.23. The number of hydrogen-bond donors (Lipinski definition) is 2. The van der Waals surface area contributed by atoms with Crippen molar-refractivity contribution in [2.24, 2.45) is 11.7 Å². The number of ether oxygens (including phenoxy) is 1. The number of benzene rings is 1. The molecule has 1 aliphatic rings. The Morgan fingerprint density at radius 3 is 2.77 bits per heavy atom. The molecule has 26 heavy (non-hydrogen) atoms.